The average Bonchev–Trinajstić information content (AvgIpc) is 2.30. The predicted octanol–water partition coefficient (Wildman–Crippen LogP) is 0.668. The highest BCUT2D eigenvalue weighted by Gasteiger charge is 2.13. The lowest BCUT2D eigenvalue weighted by molar-refractivity contribution is 0.0695. The Bertz CT molecular complexity index is 447. The minimum Gasteiger partial charge on any atom is -0.478 e. The van der Waals surface area contributed by atoms with Crippen LogP contribution >= 0.6 is 0 Å². The number of rotatable bonds is 2. The number of pyridine rings is 1. The molecule has 5 nitrogen and oxygen atoms in total. The van der Waals surface area contributed by atoms with E-state index in [1.807, 2.05) is 5.01 Å². The van der Waals surface area contributed by atoms with Crippen LogP contribution < -0.4 is 10.6 Å². The summed E-state index contributed by atoms with van der Waals surface area (Å²) in [4.78, 5) is 22.4. The Kier molecular flexibility index (Phi) is 2.94. The fraction of sp³-hybridized carbons (Fsp3) is 0.455. The maximum Gasteiger partial charge on any atom is 0.337 e. The number of carboxylic acids is 1. The summed E-state index contributed by atoms with van der Waals surface area (Å²) in [5, 5.41) is 10.8. The van der Waals surface area contributed by atoms with E-state index in [1.54, 1.807) is 0 Å². The molecule has 2 rings (SSSR count). The monoisotopic (exact) mass is 222 g/mol. The van der Waals surface area contributed by atoms with Gasteiger partial charge in [0.1, 0.15) is 0 Å². The van der Waals surface area contributed by atoms with Crippen molar-refractivity contribution < 1.29 is 9.90 Å². The lowest BCUT2D eigenvalue weighted by Gasteiger charge is -2.30. The van der Waals surface area contributed by atoms with Gasteiger partial charge in [0.2, 0.25) is 0 Å². The zero-order valence-electron chi connectivity index (χ0n) is 8.93. The molecule has 0 amide bonds. The van der Waals surface area contributed by atoms with Crippen LogP contribution in [-0.2, 0) is 0 Å². The van der Waals surface area contributed by atoms with Crippen molar-refractivity contribution in [1.29, 1.82) is 0 Å². The van der Waals surface area contributed by atoms with E-state index in [2.05, 4.69) is 0 Å². The Balaban J connectivity index is 2.34. The molecule has 1 aromatic rings. The summed E-state index contributed by atoms with van der Waals surface area (Å²) < 4.78 is 1.42. The minimum absolute atomic E-state index is 0.144. The molecule has 0 atom stereocenters. The predicted molar refractivity (Wildman–Crippen MR) is 59.5 cm³/mol. The van der Waals surface area contributed by atoms with Gasteiger partial charge in [-0.15, -0.1) is 0 Å². The van der Waals surface area contributed by atoms with E-state index >= 15 is 0 Å². The summed E-state index contributed by atoms with van der Waals surface area (Å²) in [5.41, 5.74) is -0.0305. The van der Waals surface area contributed by atoms with Crippen molar-refractivity contribution in [3.05, 3.63) is 34.2 Å². The second kappa shape index (κ2) is 4.38. The van der Waals surface area contributed by atoms with E-state index in [9.17, 15) is 9.59 Å². The number of hydrogen-bond acceptors (Lipinski definition) is 3. The quantitative estimate of drug-likeness (QED) is 0.798. The number of aromatic nitrogens is 1. The Morgan fingerprint density at radius 3 is 2.50 bits per heavy atom. The first kappa shape index (κ1) is 10.7. The number of carboxylic acid groups (broad SMARTS) is 1. The van der Waals surface area contributed by atoms with Crippen LogP contribution in [0.1, 0.15) is 29.6 Å². The summed E-state index contributed by atoms with van der Waals surface area (Å²) in [5.74, 6) is -1.01. The first-order valence-corrected chi connectivity index (χ1v) is 5.40. The fourth-order valence-electron chi connectivity index (χ4n) is 1.92. The van der Waals surface area contributed by atoms with Gasteiger partial charge in [-0.25, -0.2) is 9.47 Å². The van der Waals surface area contributed by atoms with Crippen molar-refractivity contribution in [2.24, 2.45) is 0 Å². The SMILES string of the molecule is O=C(O)c1ccc(=O)n(N2CCCCC2)c1. The van der Waals surface area contributed by atoms with Crippen LogP contribution in [0.5, 0.6) is 0 Å². The van der Waals surface area contributed by atoms with Crippen LogP contribution in [0.4, 0.5) is 0 Å². The highest BCUT2D eigenvalue weighted by molar-refractivity contribution is 5.87. The summed E-state index contributed by atoms with van der Waals surface area (Å²) in [6.45, 7) is 1.62. The van der Waals surface area contributed by atoms with Gasteiger partial charge in [0.25, 0.3) is 5.56 Å². The topological polar surface area (TPSA) is 62.5 Å². The Morgan fingerprint density at radius 2 is 1.88 bits per heavy atom. The number of piperidine rings is 1. The smallest absolute Gasteiger partial charge is 0.337 e. The molecule has 2 heterocycles. The zero-order valence-corrected chi connectivity index (χ0v) is 8.93. The number of carbonyl (C=O) groups is 1. The van der Waals surface area contributed by atoms with Crippen LogP contribution in [0.3, 0.4) is 0 Å². The molecule has 1 saturated heterocycles. The van der Waals surface area contributed by atoms with E-state index in [0.717, 1.165) is 25.9 Å². The molecule has 0 aliphatic carbocycles. The third-order valence-corrected chi connectivity index (χ3v) is 2.78. The number of nitrogens with zero attached hydrogens (tertiary/aromatic N) is 2. The fourth-order valence-corrected chi connectivity index (χ4v) is 1.92. The molecule has 0 bridgehead atoms. The number of hydrogen-bond donors (Lipinski definition) is 1. The maximum absolute atomic E-state index is 11.6. The molecule has 1 aliphatic heterocycles. The molecule has 1 aliphatic rings. The van der Waals surface area contributed by atoms with Crippen LogP contribution in [0, 0.1) is 0 Å². The van der Waals surface area contributed by atoms with E-state index in [1.165, 1.54) is 29.4 Å². The lowest BCUT2D eigenvalue weighted by atomic mass is 10.2. The largest absolute Gasteiger partial charge is 0.478 e. The van der Waals surface area contributed by atoms with Gasteiger partial charge in [0, 0.05) is 25.4 Å². The second-order valence-electron chi connectivity index (χ2n) is 3.92. The van der Waals surface area contributed by atoms with Crippen molar-refractivity contribution in [1.82, 2.24) is 4.68 Å². The highest BCUT2D eigenvalue weighted by atomic mass is 16.4. The molecule has 0 unspecified atom stereocenters. The third kappa shape index (κ3) is 2.08. The zero-order chi connectivity index (χ0) is 11.5. The highest BCUT2D eigenvalue weighted by Crippen LogP contribution is 2.07. The standard InChI is InChI=1S/C11H14N2O3/c14-10-5-4-9(11(15)16)8-13(10)12-6-2-1-3-7-12/h4-5,8H,1-3,6-7H2,(H,15,16). The van der Waals surface area contributed by atoms with Gasteiger partial charge >= 0.3 is 5.97 Å². The molecule has 1 aromatic heterocycles. The molecule has 1 N–H and O–H groups in total. The van der Waals surface area contributed by atoms with E-state index in [-0.39, 0.29) is 11.1 Å². The summed E-state index contributed by atoms with van der Waals surface area (Å²) in [7, 11) is 0. The van der Waals surface area contributed by atoms with Crippen molar-refractivity contribution >= 4 is 5.97 Å². The van der Waals surface area contributed by atoms with Gasteiger partial charge in [-0.3, -0.25) is 4.79 Å². The maximum atomic E-state index is 11.6. The molecule has 5 heteroatoms. The van der Waals surface area contributed by atoms with Gasteiger partial charge in [-0.05, 0) is 25.3 Å². The van der Waals surface area contributed by atoms with Crippen LogP contribution in [0.2, 0.25) is 0 Å². The van der Waals surface area contributed by atoms with Gasteiger partial charge in [-0.2, -0.15) is 0 Å². The van der Waals surface area contributed by atoms with Gasteiger partial charge in [0.05, 0.1) is 5.56 Å². The summed E-state index contributed by atoms with van der Waals surface area (Å²) in [6.07, 6.45) is 4.66. The summed E-state index contributed by atoms with van der Waals surface area (Å²) in [6, 6.07) is 2.64. The first-order valence-electron chi connectivity index (χ1n) is 5.40. The van der Waals surface area contributed by atoms with Gasteiger partial charge in [0.15, 0.2) is 0 Å². The number of aromatic carboxylic acids is 1. The first-order chi connectivity index (χ1) is 7.68. The molecule has 0 aromatic carbocycles. The molecular weight excluding hydrogens is 208 g/mol. The molecule has 1 fully saturated rings. The van der Waals surface area contributed by atoms with Crippen molar-refractivity contribution in [2.75, 3.05) is 18.1 Å². The Labute approximate surface area is 92.9 Å². The molecule has 0 spiro atoms. The van der Waals surface area contributed by atoms with Crippen molar-refractivity contribution in [3.63, 3.8) is 0 Å². The molecule has 0 saturated carbocycles. The van der Waals surface area contributed by atoms with Gasteiger partial charge in [-0.1, -0.05) is 0 Å². The van der Waals surface area contributed by atoms with Crippen LogP contribution in [0.25, 0.3) is 0 Å². The van der Waals surface area contributed by atoms with Gasteiger partial charge < -0.3 is 10.1 Å². The van der Waals surface area contributed by atoms with Crippen molar-refractivity contribution in [2.45, 2.75) is 19.3 Å². The molecule has 16 heavy (non-hydrogen) atoms. The normalized spacial score (nSPS) is 16.1. The third-order valence-electron chi connectivity index (χ3n) is 2.78. The van der Waals surface area contributed by atoms with Crippen molar-refractivity contribution in [3.8, 4) is 0 Å². The summed E-state index contributed by atoms with van der Waals surface area (Å²) >= 11 is 0. The molecule has 86 valence electrons. The molecular formula is C11H14N2O3. The van der Waals surface area contributed by atoms with E-state index < -0.39 is 5.97 Å². The van der Waals surface area contributed by atoms with Crippen LogP contribution in [-0.4, -0.2) is 28.8 Å². The Hall–Kier alpha value is -1.78. The average molecular weight is 222 g/mol. The second-order valence-corrected chi connectivity index (χ2v) is 3.92. The van der Waals surface area contributed by atoms with E-state index in [0.29, 0.717) is 0 Å². The lowest BCUT2D eigenvalue weighted by Crippen LogP contribution is -2.45. The molecule has 0 radical (unpaired) electrons. The van der Waals surface area contributed by atoms with E-state index in [4.69, 9.17) is 5.11 Å². The Morgan fingerprint density at radius 1 is 1.19 bits per heavy atom. The van der Waals surface area contributed by atoms with Crippen LogP contribution in [0.15, 0.2) is 23.1 Å². The minimum atomic E-state index is -1.01.